The van der Waals surface area contributed by atoms with Crippen LogP contribution in [0.5, 0.6) is 0 Å². The zero-order valence-corrected chi connectivity index (χ0v) is 6.53. The Balaban J connectivity index is 2.13. The number of rotatable bonds is 0. The van der Waals surface area contributed by atoms with Crippen LogP contribution in [0.1, 0.15) is 25.7 Å². The van der Waals surface area contributed by atoms with Gasteiger partial charge in [-0.3, -0.25) is 0 Å². The van der Waals surface area contributed by atoms with Gasteiger partial charge in [-0.05, 0) is 25.7 Å². The molecule has 0 aromatic carbocycles. The lowest BCUT2D eigenvalue weighted by Gasteiger charge is -2.36. The number of aliphatic hydroxyl groups excluding tert-OH is 1. The zero-order valence-electron chi connectivity index (χ0n) is 6.53. The molecule has 1 saturated carbocycles. The molecule has 2 heteroatoms. The van der Waals surface area contributed by atoms with Crippen molar-refractivity contribution in [2.75, 3.05) is 0 Å². The van der Waals surface area contributed by atoms with Crippen molar-refractivity contribution < 1.29 is 10.2 Å². The summed E-state index contributed by atoms with van der Waals surface area (Å²) in [5, 5.41) is 19.3. The number of fused-ring (bicyclic) bond motifs is 1. The van der Waals surface area contributed by atoms with E-state index in [2.05, 4.69) is 0 Å². The van der Waals surface area contributed by atoms with Crippen molar-refractivity contribution in [3.8, 4) is 0 Å². The van der Waals surface area contributed by atoms with Crippen LogP contribution in [0.2, 0.25) is 0 Å². The first kappa shape index (κ1) is 7.32. The first-order chi connectivity index (χ1) is 5.21. The summed E-state index contributed by atoms with van der Waals surface area (Å²) in [6.07, 6.45) is 6.92. The first-order valence-corrected chi connectivity index (χ1v) is 4.28. The van der Waals surface area contributed by atoms with E-state index in [1.165, 1.54) is 0 Å². The van der Waals surface area contributed by atoms with E-state index in [1.54, 1.807) is 0 Å². The van der Waals surface area contributed by atoms with Crippen LogP contribution in [-0.2, 0) is 0 Å². The normalized spacial score (nSPS) is 49.3. The van der Waals surface area contributed by atoms with Crippen molar-refractivity contribution in [2.24, 2.45) is 5.92 Å². The molecule has 0 aromatic heterocycles. The van der Waals surface area contributed by atoms with Crippen molar-refractivity contribution >= 4 is 0 Å². The molecule has 2 rings (SSSR count). The lowest BCUT2D eigenvalue weighted by atomic mass is 9.76. The van der Waals surface area contributed by atoms with Gasteiger partial charge >= 0.3 is 0 Å². The van der Waals surface area contributed by atoms with Gasteiger partial charge in [0.15, 0.2) is 0 Å². The van der Waals surface area contributed by atoms with Crippen LogP contribution in [-0.4, -0.2) is 21.9 Å². The van der Waals surface area contributed by atoms with Crippen molar-refractivity contribution in [1.29, 1.82) is 0 Å². The highest BCUT2D eigenvalue weighted by Gasteiger charge is 2.41. The second kappa shape index (κ2) is 2.32. The van der Waals surface area contributed by atoms with Crippen molar-refractivity contribution in [1.82, 2.24) is 0 Å². The molecule has 3 atom stereocenters. The fourth-order valence-corrected chi connectivity index (χ4v) is 2.18. The molecule has 2 nitrogen and oxygen atoms in total. The van der Waals surface area contributed by atoms with E-state index in [0.717, 1.165) is 25.7 Å². The summed E-state index contributed by atoms with van der Waals surface area (Å²) in [6.45, 7) is 0. The summed E-state index contributed by atoms with van der Waals surface area (Å²) >= 11 is 0. The van der Waals surface area contributed by atoms with Crippen LogP contribution in [0.3, 0.4) is 0 Å². The summed E-state index contributed by atoms with van der Waals surface area (Å²) in [5.74, 6) is 0.214. The van der Waals surface area contributed by atoms with Gasteiger partial charge in [0.1, 0.15) is 0 Å². The monoisotopic (exact) mass is 154 g/mol. The third-order valence-electron chi connectivity index (χ3n) is 2.97. The molecule has 0 spiro atoms. The predicted molar refractivity (Wildman–Crippen MR) is 42.1 cm³/mol. The van der Waals surface area contributed by atoms with Gasteiger partial charge in [-0.25, -0.2) is 0 Å². The van der Waals surface area contributed by atoms with E-state index < -0.39 is 5.60 Å². The third kappa shape index (κ3) is 1.10. The molecule has 2 aliphatic carbocycles. The minimum atomic E-state index is -0.501. The van der Waals surface area contributed by atoms with Gasteiger partial charge in [0.2, 0.25) is 0 Å². The van der Waals surface area contributed by atoms with Crippen molar-refractivity contribution in [3.05, 3.63) is 12.2 Å². The second-order valence-corrected chi connectivity index (χ2v) is 3.77. The van der Waals surface area contributed by atoms with E-state index in [9.17, 15) is 10.2 Å². The molecule has 11 heavy (non-hydrogen) atoms. The third-order valence-corrected chi connectivity index (χ3v) is 2.97. The second-order valence-electron chi connectivity index (χ2n) is 3.77. The van der Waals surface area contributed by atoms with Gasteiger partial charge in [0.25, 0.3) is 0 Å². The lowest BCUT2D eigenvalue weighted by molar-refractivity contribution is -0.0532. The Kier molecular flexibility index (Phi) is 1.55. The van der Waals surface area contributed by atoms with Crippen LogP contribution in [0, 0.1) is 5.92 Å². The number of hydrogen-bond acceptors (Lipinski definition) is 2. The maximum Gasteiger partial charge on any atom is 0.0746 e. The molecule has 0 amide bonds. The molecular formula is C9H14O2. The highest BCUT2D eigenvalue weighted by molar-refractivity contribution is 5.12. The standard InChI is InChI=1S/C9H14O2/c10-8-3-5-9(11)4-1-2-7(9)6-8/h1-2,7-8,10-11H,3-6H2. The zero-order chi connectivity index (χ0) is 7.90. The number of aliphatic hydroxyl groups is 2. The Morgan fingerprint density at radius 3 is 3.09 bits per heavy atom. The highest BCUT2D eigenvalue weighted by atomic mass is 16.3. The smallest absolute Gasteiger partial charge is 0.0746 e. The molecule has 0 heterocycles. The molecule has 62 valence electrons. The molecule has 0 radical (unpaired) electrons. The Bertz CT molecular complexity index is 188. The topological polar surface area (TPSA) is 40.5 Å². The van der Waals surface area contributed by atoms with E-state index in [1.807, 2.05) is 12.2 Å². The molecule has 0 bridgehead atoms. The van der Waals surface area contributed by atoms with Crippen molar-refractivity contribution in [2.45, 2.75) is 37.4 Å². The quantitative estimate of drug-likeness (QED) is 0.507. The van der Waals surface area contributed by atoms with Crippen LogP contribution in [0.25, 0.3) is 0 Å². The van der Waals surface area contributed by atoms with Gasteiger partial charge in [0.05, 0.1) is 11.7 Å². The van der Waals surface area contributed by atoms with Gasteiger partial charge in [0, 0.05) is 5.92 Å². The Morgan fingerprint density at radius 2 is 2.27 bits per heavy atom. The van der Waals surface area contributed by atoms with E-state index in [4.69, 9.17) is 0 Å². The Hall–Kier alpha value is -0.340. The molecule has 1 fully saturated rings. The lowest BCUT2D eigenvalue weighted by Crippen LogP contribution is -2.40. The molecule has 2 N–H and O–H groups in total. The predicted octanol–water partition coefficient (Wildman–Crippen LogP) is 0.838. The Morgan fingerprint density at radius 1 is 1.45 bits per heavy atom. The summed E-state index contributed by atoms with van der Waals surface area (Å²) in [6, 6.07) is 0. The summed E-state index contributed by atoms with van der Waals surface area (Å²) < 4.78 is 0. The molecular weight excluding hydrogens is 140 g/mol. The van der Waals surface area contributed by atoms with Gasteiger partial charge in [-0.1, -0.05) is 12.2 Å². The summed E-state index contributed by atoms with van der Waals surface area (Å²) in [7, 11) is 0. The van der Waals surface area contributed by atoms with Gasteiger partial charge in [-0.2, -0.15) is 0 Å². The summed E-state index contributed by atoms with van der Waals surface area (Å²) in [5.41, 5.74) is -0.501. The molecule has 0 aromatic rings. The SMILES string of the molecule is OC1CCC2(O)CC=CC2C1. The largest absolute Gasteiger partial charge is 0.393 e. The average Bonchev–Trinajstić information content (AvgIpc) is 2.31. The van der Waals surface area contributed by atoms with E-state index >= 15 is 0 Å². The molecule has 3 unspecified atom stereocenters. The maximum atomic E-state index is 9.96. The van der Waals surface area contributed by atoms with Crippen LogP contribution in [0.4, 0.5) is 0 Å². The van der Waals surface area contributed by atoms with E-state index in [-0.39, 0.29) is 12.0 Å². The Labute approximate surface area is 66.5 Å². The first-order valence-electron chi connectivity index (χ1n) is 4.28. The number of hydrogen-bond donors (Lipinski definition) is 2. The van der Waals surface area contributed by atoms with Gasteiger partial charge < -0.3 is 10.2 Å². The van der Waals surface area contributed by atoms with Crippen LogP contribution >= 0.6 is 0 Å². The highest BCUT2D eigenvalue weighted by Crippen LogP contribution is 2.41. The molecule has 2 aliphatic rings. The fourth-order valence-electron chi connectivity index (χ4n) is 2.18. The van der Waals surface area contributed by atoms with Crippen molar-refractivity contribution in [3.63, 3.8) is 0 Å². The molecule has 0 aliphatic heterocycles. The van der Waals surface area contributed by atoms with Gasteiger partial charge in [-0.15, -0.1) is 0 Å². The maximum absolute atomic E-state index is 9.96. The minimum absolute atomic E-state index is 0.192. The minimum Gasteiger partial charge on any atom is -0.393 e. The van der Waals surface area contributed by atoms with Crippen LogP contribution < -0.4 is 0 Å². The molecule has 0 saturated heterocycles. The van der Waals surface area contributed by atoms with E-state index in [0.29, 0.717) is 0 Å². The fraction of sp³-hybridized carbons (Fsp3) is 0.778. The average molecular weight is 154 g/mol. The van der Waals surface area contributed by atoms with Crippen LogP contribution in [0.15, 0.2) is 12.2 Å². The summed E-state index contributed by atoms with van der Waals surface area (Å²) in [4.78, 5) is 0.